The third-order valence-electron chi connectivity index (χ3n) is 4.79. The third kappa shape index (κ3) is 3.53. The van der Waals surface area contributed by atoms with Crippen molar-refractivity contribution in [2.75, 3.05) is 11.9 Å². The van der Waals surface area contributed by atoms with Gasteiger partial charge in [-0.3, -0.25) is 14.5 Å². The lowest BCUT2D eigenvalue weighted by molar-refractivity contribution is -0.136. The van der Waals surface area contributed by atoms with Crippen LogP contribution in [0.4, 0.5) is 9.93 Å². The Hall–Kier alpha value is -1.96. The molecule has 7 nitrogen and oxygen atoms in total. The summed E-state index contributed by atoms with van der Waals surface area (Å²) in [5.74, 6) is -0.374. The van der Waals surface area contributed by atoms with Gasteiger partial charge in [0.25, 0.3) is 5.91 Å². The minimum atomic E-state index is -0.879. The van der Waals surface area contributed by atoms with Gasteiger partial charge in [0.15, 0.2) is 5.13 Å². The summed E-state index contributed by atoms with van der Waals surface area (Å²) in [4.78, 5) is 42.7. The van der Waals surface area contributed by atoms with E-state index in [0.717, 1.165) is 17.0 Å². The summed E-state index contributed by atoms with van der Waals surface area (Å²) in [6, 6.07) is -0.486. The maximum Gasteiger partial charge on any atom is 0.325 e. The van der Waals surface area contributed by atoms with Crippen molar-refractivity contribution in [2.45, 2.75) is 52.5 Å². The molecule has 1 saturated heterocycles. The number of aromatic nitrogens is 1. The zero-order valence-electron chi connectivity index (χ0n) is 15.0. The molecule has 2 heterocycles. The highest BCUT2D eigenvalue weighted by Crippen LogP contribution is 2.46. The van der Waals surface area contributed by atoms with Crippen molar-refractivity contribution in [3.63, 3.8) is 0 Å². The number of urea groups is 1. The molecule has 4 amide bonds. The van der Waals surface area contributed by atoms with Gasteiger partial charge in [-0.05, 0) is 37.5 Å². The molecule has 2 unspecified atom stereocenters. The standard InChI is InChI=1S/C17H24N4O3S/c1-10-5-16(3,4)9-17(6-10)13(23)21(15(24)20-17)7-12(22)19-14-18-11(2)8-25-14/h8,10H,5-7,9H2,1-4H3,(H,20,24)(H,18,19,22). The summed E-state index contributed by atoms with van der Waals surface area (Å²) in [7, 11) is 0. The average Bonchev–Trinajstić information content (AvgIpc) is 2.94. The van der Waals surface area contributed by atoms with Crippen LogP contribution >= 0.6 is 11.3 Å². The van der Waals surface area contributed by atoms with Crippen LogP contribution in [-0.2, 0) is 9.59 Å². The minimum absolute atomic E-state index is 0.0305. The molecule has 1 aliphatic carbocycles. The monoisotopic (exact) mass is 364 g/mol. The third-order valence-corrected chi connectivity index (χ3v) is 5.67. The molecule has 0 bridgehead atoms. The van der Waals surface area contributed by atoms with Gasteiger partial charge in [0.1, 0.15) is 12.1 Å². The molecule has 1 aliphatic heterocycles. The fourth-order valence-electron chi connectivity index (χ4n) is 4.36. The Morgan fingerprint density at radius 2 is 2.16 bits per heavy atom. The lowest BCUT2D eigenvalue weighted by Gasteiger charge is -2.43. The number of amides is 4. The van der Waals surface area contributed by atoms with E-state index in [-0.39, 0.29) is 17.9 Å². The molecular weight excluding hydrogens is 340 g/mol. The van der Waals surface area contributed by atoms with E-state index < -0.39 is 17.5 Å². The van der Waals surface area contributed by atoms with Crippen LogP contribution in [0.15, 0.2) is 5.38 Å². The van der Waals surface area contributed by atoms with E-state index in [1.165, 1.54) is 11.3 Å². The van der Waals surface area contributed by atoms with E-state index in [1.807, 2.05) is 12.3 Å². The normalized spacial score (nSPS) is 28.3. The summed E-state index contributed by atoms with van der Waals surface area (Å²) in [5, 5.41) is 7.81. The molecule has 2 atom stereocenters. The second-order valence-corrected chi connectivity index (χ2v) is 8.96. The maximum absolute atomic E-state index is 13.0. The van der Waals surface area contributed by atoms with E-state index in [2.05, 4.69) is 36.4 Å². The van der Waals surface area contributed by atoms with Crippen LogP contribution in [0.2, 0.25) is 0 Å². The highest BCUT2D eigenvalue weighted by Gasteiger charge is 2.56. The molecule has 0 radical (unpaired) electrons. The van der Waals surface area contributed by atoms with Gasteiger partial charge in [0, 0.05) is 5.38 Å². The first-order valence-electron chi connectivity index (χ1n) is 8.46. The first-order valence-corrected chi connectivity index (χ1v) is 9.34. The number of imide groups is 1. The lowest BCUT2D eigenvalue weighted by Crippen LogP contribution is -2.54. The molecule has 25 heavy (non-hydrogen) atoms. The topological polar surface area (TPSA) is 91.4 Å². The number of thiazole rings is 1. The van der Waals surface area contributed by atoms with Gasteiger partial charge in [-0.1, -0.05) is 20.8 Å². The molecule has 136 valence electrons. The van der Waals surface area contributed by atoms with E-state index in [0.29, 0.717) is 23.9 Å². The Balaban J connectivity index is 1.72. The first-order chi connectivity index (χ1) is 11.6. The largest absolute Gasteiger partial charge is 0.325 e. The Labute approximate surface area is 151 Å². The number of rotatable bonds is 3. The number of carbonyl (C=O) groups excluding carboxylic acids is 3. The molecule has 1 aromatic rings. The summed E-state index contributed by atoms with van der Waals surface area (Å²) in [6.07, 6.45) is 2.23. The Kier molecular flexibility index (Phi) is 4.35. The van der Waals surface area contributed by atoms with E-state index in [1.54, 1.807) is 0 Å². The molecular formula is C17H24N4O3S. The van der Waals surface area contributed by atoms with Crippen LogP contribution in [0.5, 0.6) is 0 Å². The van der Waals surface area contributed by atoms with Crippen molar-refractivity contribution in [2.24, 2.45) is 11.3 Å². The molecule has 0 aromatic carbocycles. The highest BCUT2D eigenvalue weighted by atomic mass is 32.1. The lowest BCUT2D eigenvalue weighted by atomic mass is 9.64. The minimum Gasteiger partial charge on any atom is -0.323 e. The molecule has 1 aromatic heterocycles. The number of nitrogens with zero attached hydrogens (tertiary/aromatic N) is 2. The summed E-state index contributed by atoms with van der Waals surface area (Å²) in [5.41, 5.74) is -0.0965. The number of anilines is 1. The zero-order valence-corrected chi connectivity index (χ0v) is 15.8. The molecule has 3 rings (SSSR count). The van der Waals surface area contributed by atoms with E-state index >= 15 is 0 Å². The van der Waals surface area contributed by atoms with Crippen LogP contribution in [0.25, 0.3) is 0 Å². The summed E-state index contributed by atoms with van der Waals surface area (Å²) < 4.78 is 0. The van der Waals surface area contributed by atoms with Gasteiger partial charge in [-0.25, -0.2) is 9.78 Å². The fourth-order valence-corrected chi connectivity index (χ4v) is 5.07. The van der Waals surface area contributed by atoms with Crippen molar-refractivity contribution < 1.29 is 14.4 Å². The molecule has 8 heteroatoms. The average molecular weight is 364 g/mol. The predicted octanol–water partition coefficient (Wildman–Crippen LogP) is 2.53. The first kappa shape index (κ1) is 17.8. The quantitative estimate of drug-likeness (QED) is 0.806. The number of aryl methyl sites for hydroxylation is 1. The SMILES string of the molecule is Cc1csc(NC(=O)CN2C(=O)NC3(CC(C)CC(C)(C)C3)C2=O)n1. The van der Waals surface area contributed by atoms with Gasteiger partial charge in [-0.2, -0.15) is 0 Å². The number of nitrogens with one attached hydrogen (secondary N) is 2. The second-order valence-electron chi connectivity index (χ2n) is 8.10. The van der Waals surface area contributed by atoms with Crippen LogP contribution < -0.4 is 10.6 Å². The fraction of sp³-hybridized carbons (Fsp3) is 0.647. The van der Waals surface area contributed by atoms with Gasteiger partial charge < -0.3 is 10.6 Å². The Bertz CT molecular complexity index is 729. The molecule has 2 aliphatic rings. The predicted molar refractivity (Wildman–Crippen MR) is 95.3 cm³/mol. The van der Waals surface area contributed by atoms with Gasteiger partial charge in [0.05, 0.1) is 5.69 Å². The smallest absolute Gasteiger partial charge is 0.323 e. The van der Waals surface area contributed by atoms with E-state index in [4.69, 9.17) is 0 Å². The second kappa shape index (κ2) is 6.09. The van der Waals surface area contributed by atoms with Crippen molar-refractivity contribution in [3.8, 4) is 0 Å². The van der Waals surface area contributed by atoms with Crippen molar-refractivity contribution >= 4 is 34.3 Å². The van der Waals surface area contributed by atoms with Gasteiger partial charge in [-0.15, -0.1) is 11.3 Å². The van der Waals surface area contributed by atoms with Gasteiger partial charge in [0.2, 0.25) is 5.91 Å². The molecule has 1 spiro atoms. The van der Waals surface area contributed by atoms with Crippen LogP contribution in [0.3, 0.4) is 0 Å². The van der Waals surface area contributed by atoms with E-state index in [9.17, 15) is 14.4 Å². The Morgan fingerprint density at radius 1 is 1.44 bits per heavy atom. The van der Waals surface area contributed by atoms with Gasteiger partial charge >= 0.3 is 6.03 Å². The van der Waals surface area contributed by atoms with Crippen LogP contribution in [-0.4, -0.2) is 39.8 Å². The summed E-state index contributed by atoms with van der Waals surface area (Å²) >= 11 is 1.31. The zero-order chi connectivity index (χ0) is 18.4. The highest BCUT2D eigenvalue weighted by molar-refractivity contribution is 7.13. The molecule has 2 N–H and O–H groups in total. The maximum atomic E-state index is 13.0. The number of hydrogen-bond donors (Lipinski definition) is 2. The van der Waals surface area contributed by atoms with Crippen molar-refractivity contribution in [3.05, 3.63) is 11.1 Å². The Morgan fingerprint density at radius 3 is 2.76 bits per heavy atom. The molecule has 1 saturated carbocycles. The van der Waals surface area contributed by atoms with Crippen LogP contribution in [0.1, 0.15) is 45.7 Å². The number of hydrogen-bond acceptors (Lipinski definition) is 5. The summed E-state index contributed by atoms with van der Waals surface area (Å²) in [6.45, 7) is 7.87. The number of carbonyl (C=O) groups is 3. The van der Waals surface area contributed by atoms with Crippen molar-refractivity contribution in [1.29, 1.82) is 0 Å². The van der Waals surface area contributed by atoms with Crippen molar-refractivity contribution in [1.82, 2.24) is 15.2 Å². The van der Waals surface area contributed by atoms with Crippen LogP contribution in [0, 0.1) is 18.3 Å². The molecule has 2 fully saturated rings.